The average Bonchev–Trinajstić information content (AvgIpc) is 2.60. The maximum absolute atomic E-state index is 12.3. The molecule has 0 aromatic heterocycles. The van der Waals surface area contributed by atoms with Crippen LogP contribution in [-0.4, -0.2) is 16.9 Å². The maximum atomic E-state index is 12.3. The summed E-state index contributed by atoms with van der Waals surface area (Å²) in [6.07, 6.45) is 0.914. The van der Waals surface area contributed by atoms with Gasteiger partial charge in [-0.3, -0.25) is 4.79 Å². The van der Waals surface area contributed by atoms with Gasteiger partial charge in [-0.2, -0.15) is 0 Å². The molecule has 24 heavy (non-hydrogen) atoms. The fourth-order valence-electron chi connectivity index (χ4n) is 2.90. The lowest BCUT2D eigenvalue weighted by molar-refractivity contribution is -0.115. The standard InChI is InChI=1S/C19H16ClNO3/c20-18-16(21-15-9-5-4-8-14(15)19(23)24)10-13(11-17(18)22)12-6-2-1-3-7-12/h1-9,13,21H,10-11H2,(H,23,24)/t13-/m1/s1. The minimum atomic E-state index is -1.03. The van der Waals surface area contributed by atoms with Gasteiger partial charge in [0.2, 0.25) is 0 Å². The molecule has 0 amide bonds. The van der Waals surface area contributed by atoms with Gasteiger partial charge < -0.3 is 10.4 Å². The molecule has 2 aromatic rings. The van der Waals surface area contributed by atoms with Crippen molar-refractivity contribution in [3.8, 4) is 0 Å². The van der Waals surface area contributed by atoms with Crippen LogP contribution in [0.15, 0.2) is 65.3 Å². The van der Waals surface area contributed by atoms with E-state index in [4.69, 9.17) is 11.6 Å². The van der Waals surface area contributed by atoms with Crippen molar-refractivity contribution in [2.24, 2.45) is 0 Å². The van der Waals surface area contributed by atoms with Crippen molar-refractivity contribution in [3.05, 3.63) is 76.5 Å². The number of para-hydroxylation sites is 1. The number of nitrogens with one attached hydrogen (secondary N) is 1. The summed E-state index contributed by atoms with van der Waals surface area (Å²) in [5.74, 6) is -1.13. The van der Waals surface area contributed by atoms with E-state index in [1.54, 1.807) is 18.2 Å². The molecule has 1 atom stereocenters. The van der Waals surface area contributed by atoms with E-state index in [0.717, 1.165) is 5.56 Å². The molecule has 0 spiro atoms. The highest BCUT2D eigenvalue weighted by atomic mass is 35.5. The number of halogens is 1. The van der Waals surface area contributed by atoms with Crippen molar-refractivity contribution in [1.82, 2.24) is 0 Å². The fourth-order valence-corrected chi connectivity index (χ4v) is 3.10. The second-order valence-corrected chi connectivity index (χ2v) is 6.09. The molecule has 0 heterocycles. The average molecular weight is 342 g/mol. The van der Waals surface area contributed by atoms with E-state index in [1.807, 2.05) is 30.3 Å². The van der Waals surface area contributed by atoms with Crippen LogP contribution in [0.5, 0.6) is 0 Å². The van der Waals surface area contributed by atoms with Gasteiger partial charge in [0.15, 0.2) is 5.78 Å². The van der Waals surface area contributed by atoms with Crippen LogP contribution in [0.1, 0.15) is 34.7 Å². The lowest BCUT2D eigenvalue weighted by atomic mass is 9.85. The van der Waals surface area contributed by atoms with Crippen molar-refractivity contribution in [2.45, 2.75) is 18.8 Å². The van der Waals surface area contributed by atoms with Crippen LogP contribution in [0.4, 0.5) is 5.69 Å². The molecule has 1 aliphatic rings. The lowest BCUT2D eigenvalue weighted by Crippen LogP contribution is -2.20. The van der Waals surface area contributed by atoms with Gasteiger partial charge in [0.25, 0.3) is 0 Å². The van der Waals surface area contributed by atoms with Gasteiger partial charge in [-0.05, 0) is 30.0 Å². The number of allylic oxidation sites excluding steroid dienone is 2. The summed E-state index contributed by atoms with van der Waals surface area (Å²) in [6, 6.07) is 16.3. The van der Waals surface area contributed by atoms with Gasteiger partial charge in [-0.1, -0.05) is 54.1 Å². The van der Waals surface area contributed by atoms with E-state index in [1.165, 1.54) is 6.07 Å². The van der Waals surface area contributed by atoms with Crippen LogP contribution in [0, 0.1) is 0 Å². The first kappa shape index (κ1) is 16.3. The Labute approximate surface area is 144 Å². The highest BCUT2D eigenvalue weighted by molar-refractivity contribution is 6.43. The Morgan fingerprint density at radius 1 is 1.04 bits per heavy atom. The van der Waals surface area contributed by atoms with E-state index in [9.17, 15) is 14.7 Å². The zero-order chi connectivity index (χ0) is 17.1. The van der Waals surface area contributed by atoms with Crippen molar-refractivity contribution in [1.29, 1.82) is 0 Å². The number of hydrogen-bond acceptors (Lipinski definition) is 3. The molecule has 0 aliphatic heterocycles. The highest BCUT2D eigenvalue weighted by Gasteiger charge is 2.28. The Morgan fingerprint density at radius 3 is 2.42 bits per heavy atom. The van der Waals surface area contributed by atoms with Gasteiger partial charge >= 0.3 is 5.97 Å². The predicted molar refractivity (Wildman–Crippen MR) is 93.3 cm³/mol. The summed E-state index contributed by atoms with van der Waals surface area (Å²) < 4.78 is 0. The Bertz CT molecular complexity index is 814. The molecule has 0 bridgehead atoms. The second-order valence-electron chi connectivity index (χ2n) is 5.71. The minimum absolute atomic E-state index is 0.0284. The van der Waals surface area contributed by atoms with Crippen molar-refractivity contribution in [3.63, 3.8) is 0 Å². The summed E-state index contributed by atoms with van der Waals surface area (Å²) >= 11 is 6.19. The number of ketones is 1. The molecule has 3 rings (SSSR count). The summed E-state index contributed by atoms with van der Waals surface area (Å²) in [5.41, 5.74) is 2.21. The van der Waals surface area contributed by atoms with Crippen LogP contribution in [0.3, 0.4) is 0 Å². The van der Waals surface area contributed by atoms with Gasteiger partial charge in [-0.25, -0.2) is 4.79 Å². The van der Waals surface area contributed by atoms with Gasteiger partial charge in [0, 0.05) is 12.1 Å². The number of benzene rings is 2. The van der Waals surface area contributed by atoms with Gasteiger partial charge in [0.1, 0.15) is 5.03 Å². The van der Waals surface area contributed by atoms with Crippen LogP contribution >= 0.6 is 11.6 Å². The number of aromatic carboxylic acids is 1. The quantitative estimate of drug-likeness (QED) is 0.865. The molecule has 4 nitrogen and oxygen atoms in total. The number of carbonyl (C=O) groups is 2. The molecule has 0 saturated heterocycles. The summed E-state index contributed by atoms with van der Waals surface area (Å²) in [5, 5.41) is 12.5. The molecule has 2 N–H and O–H groups in total. The zero-order valence-electron chi connectivity index (χ0n) is 12.8. The topological polar surface area (TPSA) is 66.4 Å². The Morgan fingerprint density at radius 2 is 1.71 bits per heavy atom. The Kier molecular flexibility index (Phi) is 4.67. The number of carboxylic acid groups (broad SMARTS) is 1. The first-order chi connectivity index (χ1) is 11.6. The molecule has 122 valence electrons. The summed E-state index contributed by atoms with van der Waals surface area (Å²) in [4.78, 5) is 23.6. The van der Waals surface area contributed by atoms with Crippen LogP contribution in [0.25, 0.3) is 0 Å². The molecule has 5 heteroatoms. The summed E-state index contributed by atoms with van der Waals surface area (Å²) in [6.45, 7) is 0. The largest absolute Gasteiger partial charge is 0.478 e. The Hall–Kier alpha value is -2.59. The van der Waals surface area contributed by atoms with Crippen LogP contribution in [0.2, 0.25) is 0 Å². The lowest BCUT2D eigenvalue weighted by Gasteiger charge is -2.25. The van der Waals surface area contributed by atoms with E-state index < -0.39 is 5.97 Å². The molecular formula is C19H16ClNO3. The zero-order valence-corrected chi connectivity index (χ0v) is 13.6. The van der Waals surface area contributed by atoms with E-state index in [-0.39, 0.29) is 22.3 Å². The van der Waals surface area contributed by atoms with Crippen molar-refractivity contribution >= 4 is 29.0 Å². The first-order valence-electron chi connectivity index (χ1n) is 7.62. The molecule has 0 fully saturated rings. The number of hydrogen-bond donors (Lipinski definition) is 2. The smallest absolute Gasteiger partial charge is 0.337 e. The third kappa shape index (κ3) is 3.34. The number of carbonyl (C=O) groups excluding carboxylic acids is 1. The minimum Gasteiger partial charge on any atom is -0.478 e. The fraction of sp³-hybridized carbons (Fsp3) is 0.158. The van der Waals surface area contributed by atoms with Crippen LogP contribution < -0.4 is 5.32 Å². The number of rotatable bonds is 4. The maximum Gasteiger partial charge on any atom is 0.337 e. The number of anilines is 1. The van der Waals surface area contributed by atoms with Crippen molar-refractivity contribution < 1.29 is 14.7 Å². The molecule has 1 aliphatic carbocycles. The SMILES string of the molecule is O=C1C[C@H](c2ccccc2)CC(Nc2ccccc2C(=O)O)=C1Cl. The van der Waals surface area contributed by atoms with E-state index in [2.05, 4.69) is 5.32 Å². The second kappa shape index (κ2) is 6.89. The van der Waals surface area contributed by atoms with Gasteiger partial charge in [0.05, 0.1) is 11.3 Å². The van der Waals surface area contributed by atoms with E-state index in [0.29, 0.717) is 24.2 Å². The van der Waals surface area contributed by atoms with Crippen molar-refractivity contribution in [2.75, 3.05) is 5.32 Å². The molecule has 2 aromatic carbocycles. The van der Waals surface area contributed by atoms with E-state index >= 15 is 0 Å². The Balaban J connectivity index is 1.91. The predicted octanol–water partition coefficient (Wildman–Crippen LogP) is 4.39. The molecule has 0 unspecified atom stereocenters. The van der Waals surface area contributed by atoms with Gasteiger partial charge in [-0.15, -0.1) is 0 Å². The monoisotopic (exact) mass is 341 g/mol. The molecule has 0 saturated carbocycles. The van der Waals surface area contributed by atoms with Crippen LogP contribution in [-0.2, 0) is 4.79 Å². The number of carboxylic acids is 1. The highest BCUT2D eigenvalue weighted by Crippen LogP contribution is 2.36. The third-order valence-corrected chi connectivity index (χ3v) is 4.54. The number of Topliss-reactive ketones (excluding diaryl/α,β-unsaturated/α-hetero) is 1. The third-order valence-electron chi connectivity index (χ3n) is 4.11. The normalized spacial score (nSPS) is 17.7. The molecule has 0 radical (unpaired) electrons. The first-order valence-corrected chi connectivity index (χ1v) is 8.00. The molecular weight excluding hydrogens is 326 g/mol. The summed E-state index contributed by atoms with van der Waals surface area (Å²) in [7, 11) is 0.